The van der Waals surface area contributed by atoms with Gasteiger partial charge >= 0.3 is 0 Å². The van der Waals surface area contributed by atoms with Crippen molar-refractivity contribution < 1.29 is 4.79 Å². The number of nitrogens with zero attached hydrogens (tertiary/aromatic N) is 1. The van der Waals surface area contributed by atoms with Gasteiger partial charge < -0.3 is 5.32 Å². The van der Waals surface area contributed by atoms with E-state index in [2.05, 4.69) is 10.3 Å². The number of nitrogens with one attached hydrogen (secondary N) is 1. The summed E-state index contributed by atoms with van der Waals surface area (Å²) >= 11 is 0. The highest BCUT2D eigenvalue weighted by Crippen LogP contribution is 2.28. The molecule has 0 radical (unpaired) electrons. The maximum absolute atomic E-state index is 11.6. The largest absolute Gasteiger partial charge is 0.326 e. The normalized spacial score (nSPS) is 16.2. The molecule has 1 saturated carbocycles. The molecule has 1 N–H and O–H groups in total. The van der Waals surface area contributed by atoms with Crippen LogP contribution in [-0.2, 0) is 4.79 Å². The number of carbonyl (C=O) groups is 1. The van der Waals surface area contributed by atoms with Crippen LogP contribution >= 0.6 is 0 Å². The van der Waals surface area contributed by atoms with Crippen LogP contribution in [0.2, 0.25) is 0 Å². The van der Waals surface area contributed by atoms with E-state index in [0.717, 1.165) is 18.0 Å². The lowest BCUT2D eigenvalue weighted by atomic mass is 10.0. The van der Waals surface area contributed by atoms with E-state index in [4.69, 9.17) is 0 Å². The molecule has 0 spiro atoms. The van der Waals surface area contributed by atoms with Gasteiger partial charge in [0.25, 0.3) is 0 Å². The molecule has 1 aromatic rings. The number of hydrogen-bond donors (Lipinski definition) is 1. The van der Waals surface area contributed by atoms with Crippen molar-refractivity contribution in [2.45, 2.75) is 38.5 Å². The van der Waals surface area contributed by atoms with E-state index in [1.165, 1.54) is 25.7 Å². The third-order valence-corrected chi connectivity index (χ3v) is 3.22. The average Bonchev–Trinajstić information content (AvgIpc) is 2.81. The first-order valence-corrected chi connectivity index (χ1v) is 6.04. The second-order valence-electron chi connectivity index (χ2n) is 4.47. The average molecular weight is 218 g/mol. The zero-order valence-corrected chi connectivity index (χ0v) is 9.48. The lowest BCUT2D eigenvalue weighted by molar-refractivity contribution is -0.116. The van der Waals surface area contributed by atoms with E-state index in [1.807, 2.05) is 12.1 Å². The van der Waals surface area contributed by atoms with Gasteiger partial charge in [-0.1, -0.05) is 25.7 Å². The van der Waals surface area contributed by atoms with Gasteiger partial charge in [0.2, 0.25) is 5.91 Å². The standard InChI is InChI=1S/C13H18N2O/c16-13(6-5-11-3-1-2-4-11)15-12-7-9-14-10-8-12/h7-11H,1-6H2,(H,14,15,16). The van der Waals surface area contributed by atoms with Gasteiger partial charge in [-0.2, -0.15) is 0 Å². The molecular weight excluding hydrogens is 200 g/mol. The lowest BCUT2D eigenvalue weighted by Gasteiger charge is -2.08. The van der Waals surface area contributed by atoms with E-state index in [-0.39, 0.29) is 5.91 Å². The smallest absolute Gasteiger partial charge is 0.224 e. The Morgan fingerprint density at radius 2 is 2.00 bits per heavy atom. The summed E-state index contributed by atoms with van der Waals surface area (Å²) in [6.07, 6.45) is 10.4. The Morgan fingerprint density at radius 3 is 2.69 bits per heavy atom. The molecule has 3 nitrogen and oxygen atoms in total. The van der Waals surface area contributed by atoms with E-state index >= 15 is 0 Å². The van der Waals surface area contributed by atoms with Crippen LogP contribution in [0.4, 0.5) is 5.69 Å². The molecule has 1 aliphatic rings. The molecule has 16 heavy (non-hydrogen) atoms. The van der Waals surface area contributed by atoms with Crippen molar-refractivity contribution in [3.8, 4) is 0 Å². The van der Waals surface area contributed by atoms with Gasteiger partial charge in [0.1, 0.15) is 0 Å². The number of aromatic nitrogens is 1. The number of carbonyl (C=O) groups excluding carboxylic acids is 1. The van der Waals surface area contributed by atoms with Crippen molar-refractivity contribution in [3.63, 3.8) is 0 Å². The van der Waals surface area contributed by atoms with Crippen molar-refractivity contribution in [2.75, 3.05) is 5.32 Å². The highest BCUT2D eigenvalue weighted by Gasteiger charge is 2.15. The molecule has 0 atom stereocenters. The van der Waals surface area contributed by atoms with Crippen LogP contribution in [0.15, 0.2) is 24.5 Å². The molecule has 0 aliphatic heterocycles. The van der Waals surface area contributed by atoms with Crippen LogP contribution in [0.3, 0.4) is 0 Å². The van der Waals surface area contributed by atoms with Crippen molar-refractivity contribution in [1.82, 2.24) is 4.98 Å². The van der Waals surface area contributed by atoms with Crippen molar-refractivity contribution in [1.29, 1.82) is 0 Å². The Labute approximate surface area is 96.3 Å². The molecule has 2 rings (SSSR count). The Hall–Kier alpha value is -1.38. The van der Waals surface area contributed by atoms with Gasteiger partial charge in [0.05, 0.1) is 0 Å². The van der Waals surface area contributed by atoms with Crippen LogP contribution in [0.25, 0.3) is 0 Å². The van der Waals surface area contributed by atoms with Crippen LogP contribution < -0.4 is 5.32 Å². The van der Waals surface area contributed by atoms with E-state index in [1.54, 1.807) is 12.4 Å². The van der Waals surface area contributed by atoms with Crippen molar-refractivity contribution in [2.24, 2.45) is 5.92 Å². The highest BCUT2D eigenvalue weighted by molar-refractivity contribution is 5.90. The fraction of sp³-hybridized carbons (Fsp3) is 0.538. The van der Waals surface area contributed by atoms with Crippen molar-refractivity contribution in [3.05, 3.63) is 24.5 Å². The summed E-state index contributed by atoms with van der Waals surface area (Å²) in [5, 5.41) is 2.89. The molecule has 0 saturated heterocycles. The Morgan fingerprint density at radius 1 is 1.31 bits per heavy atom. The second-order valence-corrected chi connectivity index (χ2v) is 4.47. The molecule has 0 unspecified atom stereocenters. The molecule has 1 aromatic heterocycles. The van der Waals surface area contributed by atoms with Crippen LogP contribution in [0, 0.1) is 5.92 Å². The summed E-state index contributed by atoms with van der Waals surface area (Å²) in [5.74, 6) is 0.904. The first-order valence-electron chi connectivity index (χ1n) is 6.04. The summed E-state index contributed by atoms with van der Waals surface area (Å²) < 4.78 is 0. The number of amides is 1. The summed E-state index contributed by atoms with van der Waals surface area (Å²) in [6.45, 7) is 0. The van der Waals surface area contributed by atoms with Crippen molar-refractivity contribution >= 4 is 11.6 Å². The van der Waals surface area contributed by atoms with Gasteiger partial charge in [-0.3, -0.25) is 9.78 Å². The summed E-state index contributed by atoms with van der Waals surface area (Å²) in [4.78, 5) is 15.5. The predicted octanol–water partition coefficient (Wildman–Crippen LogP) is 2.99. The van der Waals surface area contributed by atoms with Gasteiger partial charge in [-0.05, 0) is 24.5 Å². The van der Waals surface area contributed by atoms with Gasteiger partial charge in [0.15, 0.2) is 0 Å². The van der Waals surface area contributed by atoms with E-state index in [0.29, 0.717) is 6.42 Å². The molecule has 1 aliphatic carbocycles. The maximum Gasteiger partial charge on any atom is 0.224 e. The fourth-order valence-corrected chi connectivity index (χ4v) is 2.29. The minimum atomic E-state index is 0.123. The Bertz CT molecular complexity index is 331. The predicted molar refractivity (Wildman–Crippen MR) is 64.1 cm³/mol. The number of anilines is 1. The minimum Gasteiger partial charge on any atom is -0.326 e. The zero-order valence-electron chi connectivity index (χ0n) is 9.48. The molecule has 1 fully saturated rings. The second kappa shape index (κ2) is 5.64. The third-order valence-electron chi connectivity index (χ3n) is 3.22. The Kier molecular flexibility index (Phi) is 3.91. The molecule has 3 heteroatoms. The quantitative estimate of drug-likeness (QED) is 0.844. The molecule has 1 heterocycles. The molecule has 0 bridgehead atoms. The van der Waals surface area contributed by atoms with Gasteiger partial charge in [-0.25, -0.2) is 0 Å². The van der Waals surface area contributed by atoms with E-state index < -0.39 is 0 Å². The van der Waals surface area contributed by atoms with Crippen LogP contribution in [0.1, 0.15) is 38.5 Å². The van der Waals surface area contributed by atoms with Gasteiger partial charge in [-0.15, -0.1) is 0 Å². The lowest BCUT2D eigenvalue weighted by Crippen LogP contribution is -2.12. The minimum absolute atomic E-state index is 0.123. The highest BCUT2D eigenvalue weighted by atomic mass is 16.1. The Balaban J connectivity index is 1.72. The zero-order chi connectivity index (χ0) is 11.2. The fourth-order valence-electron chi connectivity index (χ4n) is 2.29. The molecule has 86 valence electrons. The summed E-state index contributed by atoms with van der Waals surface area (Å²) in [7, 11) is 0. The topological polar surface area (TPSA) is 42.0 Å². The summed E-state index contributed by atoms with van der Waals surface area (Å²) in [6, 6.07) is 3.63. The third kappa shape index (κ3) is 3.33. The summed E-state index contributed by atoms with van der Waals surface area (Å²) in [5.41, 5.74) is 0.839. The monoisotopic (exact) mass is 218 g/mol. The van der Waals surface area contributed by atoms with Crippen LogP contribution in [0.5, 0.6) is 0 Å². The SMILES string of the molecule is O=C(CCC1CCCC1)Nc1ccncc1. The molecule has 1 amide bonds. The number of pyridine rings is 1. The molecule has 0 aromatic carbocycles. The van der Waals surface area contributed by atoms with E-state index in [9.17, 15) is 4.79 Å². The maximum atomic E-state index is 11.6. The molecular formula is C13H18N2O. The number of hydrogen-bond acceptors (Lipinski definition) is 2. The van der Waals surface area contributed by atoms with Crippen LogP contribution in [-0.4, -0.2) is 10.9 Å². The first kappa shape index (κ1) is 11.1. The first-order chi connectivity index (χ1) is 7.84. The number of rotatable bonds is 4. The van der Waals surface area contributed by atoms with Gasteiger partial charge in [0, 0.05) is 24.5 Å².